The second kappa shape index (κ2) is 33.4. The van der Waals surface area contributed by atoms with Crippen LogP contribution in [0.4, 0.5) is 9.59 Å². The lowest BCUT2D eigenvalue weighted by Gasteiger charge is -2.38. The Morgan fingerprint density at radius 3 is 1.71 bits per heavy atom. The van der Waals surface area contributed by atoms with Crippen molar-refractivity contribution in [1.29, 1.82) is 0 Å². The van der Waals surface area contributed by atoms with Crippen molar-refractivity contribution in [1.82, 2.24) is 30.9 Å². The Bertz CT molecular complexity index is 3740. The maximum atomic E-state index is 16.1. The van der Waals surface area contributed by atoms with E-state index < -0.39 is 92.1 Å². The van der Waals surface area contributed by atoms with Gasteiger partial charge in [0, 0.05) is 19.5 Å². The van der Waals surface area contributed by atoms with Crippen molar-refractivity contribution in [2.45, 2.75) is 246 Å². The van der Waals surface area contributed by atoms with Gasteiger partial charge in [-0.15, -0.1) is 0 Å². The number of hydrogen-bond acceptors (Lipinski definition) is 15. The quantitative estimate of drug-likeness (QED) is 0.0146. The molecule has 0 spiro atoms. The highest BCUT2D eigenvalue weighted by Crippen LogP contribution is 2.42. The van der Waals surface area contributed by atoms with Gasteiger partial charge in [-0.1, -0.05) is 73.5 Å². The number of guanidine groups is 2. The van der Waals surface area contributed by atoms with Gasteiger partial charge in [-0.05, 0) is 256 Å². The number of nitrogens with one attached hydrogen (secondary N) is 5. The van der Waals surface area contributed by atoms with E-state index in [4.69, 9.17) is 35.2 Å². The van der Waals surface area contributed by atoms with Gasteiger partial charge in [0.1, 0.15) is 57.3 Å². The van der Waals surface area contributed by atoms with Gasteiger partial charge < -0.3 is 50.7 Å². The van der Waals surface area contributed by atoms with Crippen molar-refractivity contribution in [2.24, 2.45) is 21.5 Å². The molecule has 0 fully saturated rings. The highest BCUT2D eigenvalue weighted by Gasteiger charge is 2.39. The molecule has 1 aliphatic rings. The number of aliphatic imine (C=N–C) groups is 2. The van der Waals surface area contributed by atoms with Gasteiger partial charge in [-0.3, -0.25) is 35.0 Å². The van der Waals surface area contributed by atoms with Gasteiger partial charge in [0.2, 0.25) is 29.6 Å². The lowest BCUT2D eigenvalue weighted by Crippen LogP contribution is -2.58. The van der Waals surface area contributed by atoms with Crippen LogP contribution in [0.25, 0.3) is 10.8 Å². The van der Waals surface area contributed by atoms with Crippen LogP contribution in [0.3, 0.4) is 0 Å². The number of nitrogens with zero attached hydrogens (tertiary/aromatic N) is 3. The minimum Gasteiger partial charge on any atom is -0.488 e. The Labute approximate surface area is 581 Å². The molecule has 1 heterocycles. The van der Waals surface area contributed by atoms with Gasteiger partial charge in [-0.25, -0.2) is 22.7 Å². The fourth-order valence-corrected chi connectivity index (χ4v) is 13.1. The van der Waals surface area contributed by atoms with Gasteiger partial charge >= 0.3 is 12.2 Å². The number of carbonyl (C=O) groups excluding carboxylic acids is 5. The molecular formula is C75H108N10O12S. The normalized spacial score (nSPS) is 14.7. The molecule has 6 rings (SSSR count). The highest BCUT2D eigenvalue weighted by molar-refractivity contribution is 7.90. The van der Waals surface area contributed by atoms with Gasteiger partial charge in [-0.2, -0.15) is 0 Å². The molecule has 0 aliphatic carbocycles. The van der Waals surface area contributed by atoms with Gasteiger partial charge in [0.15, 0.2) is 0 Å². The Hall–Kier alpha value is -8.44. The lowest BCUT2D eigenvalue weighted by atomic mass is 9.88. The van der Waals surface area contributed by atoms with Crippen LogP contribution < -0.4 is 51.7 Å². The SMILES string of the molecule is Cc1c(C)c(S(=O)(=O)NC(N)=NCCC[C@@H](C(N)=O)N(C(=O)[C@H](Cc2ccc(OC(C)(C)C)cc2)NC(=O)[C@H](Cc2ccc(OC(C)(C)C)cc2)NCCCCCCN=C(NC(=O)OC(C)(C)C)NC(=O)OC(C)(C)C)[C@H](C)c2ccc3ccccc3c2)c(C)c2c1OC(C)(C)CC2. The van der Waals surface area contributed by atoms with E-state index in [2.05, 4.69) is 36.0 Å². The fraction of sp³-hybridized carbons (Fsp3) is 0.533. The summed E-state index contributed by atoms with van der Waals surface area (Å²) in [5.41, 5.74) is 14.7. The summed E-state index contributed by atoms with van der Waals surface area (Å²) in [6.45, 7) is 33.9. The predicted octanol–water partition coefficient (Wildman–Crippen LogP) is 11.9. The maximum absolute atomic E-state index is 16.1. The summed E-state index contributed by atoms with van der Waals surface area (Å²) >= 11 is 0. The minimum atomic E-state index is -4.24. The third-order valence-corrected chi connectivity index (χ3v) is 17.8. The number of nitrogens with two attached hydrogens (primary N) is 2. The number of sulfonamides is 1. The predicted molar refractivity (Wildman–Crippen MR) is 386 cm³/mol. The molecule has 536 valence electrons. The van der Waals surface area contributed by atoms with Crippen LogP contribution in [0.2, 0.25) is 0 Å². The third kappa shape index (κ3) is 24.5. The average Bonchev–Trinajstić information content (AvgIpc) is 0.748. The Kier molecular flexibility index (Phi) is 26.8. The number of hydrogen-bond donors (Lipinski definition) is 7. The number of amides is 5. The molecule has 0 bridgehead atoms. The van der Waals surface area contributed by atoms with Crippen LogP contribution in [0.1, 0.15) is 194 Å². The largest absolute Gasteiger partial charge is 0.488 e. The van der Waals surface area contributed by atoms with E-state index >= 15 is 9.59 Å². The van der Waals surface area contributed by atoms with Crippen molar-refractivity contribution in [3.63, 3.8) is 0 Å². The van der Waals surface area contributed by atoms with Crippen molar-refractivity contribution in [2.75, 3.05) is 19.6 Å². The standard InChI is InChI=1S/C75H108N10O12S/c1-47-48(2)63(49(3)58-39-40-75(17,18)95-62(47)58)98(91,92)84-67(77)79-43-25-28-61(64(76)86)85(50(4)54-34-33-53-26-21-22-27-55(53)46-54)66(88)60(45-52-31-37-57(38-32-52)94-72(8,9)10)81-65(87)59(44-51-29-35-56(36-30-51)93-71(5,6)7)78-41-23-19-20-24-42-80-68(82-69(89)96-73(11,12)13)83-70(90)97-74(14,15)16/h21-22,26-27,29-38,46,50,59-61,78H,19-20,23-25,28,39-45H2,1-18H3,(H2,76,86)(H,81,87)(H3,77,79,84)(H2,80,82,83,89,90)/t50-,59+,60+,61+/m1/s1. The molecule has 23 heteroatoms. The molecule has 1 aliphatic heterocycles. The first-order valence-corrected chi connectivity index (χ1v) is 35.4. The summed E-state index contributed by atoms with van der Waals surface area (Å²) in [7, 11) is -4.24. The molecule has 0 aromatic heterocycles. The second-order valence-electron chi connectivity index (χ2n) is 29.9. The zero-order valence-corrected chi connectivity index (χ0v) is 61.8. The van der Waals surface area contributed by atoms with Crippen LogP contribution in [0.5, 0.6) is 17.2 Å². The average molecular weight is 1370 g/mol. The number of unbranched alkanes of at least 4 members (excludes halogenated alkanes) is 3. The van der Waals surface area contributed by atoms with Crippen molar-refractivity contribution >= 4 is 62.6 Å². The highest BCUT2D eigenvalue weighted by atomic mass is 32.2. The van der Waals surface area contributed by atoms with Crippen molar-refractivity contribution in [3.8, 4) is 17.2 Å². The van der Waals surface area contributed by atoms with E-state index in [1.165, 1.54) is 4.90 Å². The minimum absolute atomic E-state index is 0.00217. The zero-order valence-electron chi connectivity index (χ0n) is 61.0. The molecular weight excluding hydrogens is 1260 g/mol. The number of benzene rings is 5. The molecule has 0 radical (unpaired) electrons. The topological polar surface area (TPSA) is 306 Å². The third-order valence-electron chi connectivity index (χ3n) is 16.2. The van der Waals surface area contributed by atoms with Gasteiger partial charge in [0.25, 0.3) is 10.0 Å². The molecule has 5 amide bonds. The van der Waals surface area contributed by atoms with Crippen LogP contribution in [0.15, 0.2) is 106 Å². The molecule has 0 saturated carbocycles. The molecule has 22 nitrogen and oxygen atoms in total. The molecule has 0 unspecified atom stereocenters. The fourth-order valence-electron chi connectivity index (χ4n) is 11.6. The summed E-state index contributed by atoms with van der Waals surface area (Å²) in [6.07, 6.45) is 2.74. The van der Waals surface area contributed by atoms with Crippen molar-refractivity contribution in [3.05, 3.63) is 130 Å². The van der Waals surface area contributed by atoms with E-state index in [-0.39, 0.29) is 55.6 Å². The zero-order chi connectivity index (χ0) is 72.7. The van der Waals surface area contributed by atoms with E-state index in [0.717, 1.165) is 27.5 Å². The summed E-state index contributed by atoms with van der Waals surface area (Å²) in [5, 5.41) is 13.6. The maximum Gasteiger partial charge on any atom is 0.414 e. The van der Waals surface area contributed by atoms with Crippen LogP contribution in [0, 0.1) is 20.8 Å². The second-order valence-corrected chi connectivity index (χ2v) is 31.5. The summed E-state index contributed by atoms with van der Waals surface area (Å²) in [5.74, 6) is -0.368. The first-order chi connectivity index (χ1) is 45.6. The van der Waals surface area contributed by atoms with E-state index in [1.54, 1.807) is 55.4 Å². The van der Waals surface area contributed by atoms with E-state index in [1.807, 2.05) is 160 Å². The Balaban J connectivity index is 1.30. The number of carbonyl (C=O) groups is 5. The molecule has 98 heavy (non-hydrogen) atoms. The van der Waals surface area contributed by atoms with Crippen LogP contribution >= 0.6 is 0 Å². The van der Waals surface area contributed by atoms with E-state index in [0.29, 0.717) is 84.6 Å². The van der Waals surface area contributed by atoms with Gasteiger partial charge in [0.05, 0.1) is 17.0 Å². The Morgan fingerprint density at radius 1 is 0.643 bits per heavy atom. The molecule has 5 aromatic carbocycles. The number of ether oxygens (including phenoxy) is 5. The first-order valence-electron chi connectivity index (χ1n) is 34.0. The molecule has 9 N–H and O–H groups in total. The summed E-state index contributed by atoms with van der Waals surface area (Å²) in [4.78, 5) is 81.5. The number of rotatable bonds is 27. The van der Waals surface area contributed by atoms with Crippen LogP contribution in [-0.4, -0.2) is 121 Å². The van der Waals surface area contributed by atoms with Crippen molar-refractivity contribution < 1.29 is 56.1 Å². The smallest absolute Gasteiger partial charge is 0.414 e. The monoisotopic (exact) mass is 1370 g/mol. The van der Waals surface area contributed by atoms with Crippen LogP contribution in [-0.2, 0) is 53.1 Å². The number of alkyl carbamates (subject to hydrolysis) is 2. The Morgan fingerprint density at radius 2 is 1.17 bits per heavy atom. The van der Waals surface area contributed by atoms with E-state index in [9.17, 15) is 22.8 Å². The molecule has 5 aromatic rings. The first kappa shape index (κ1) is 78.6. The summed E-state index contributed by atoms with van der Waals surface area (Å²) < 4.78 is 60.3. The molecule has 4 atom stereocenters. The summed E-state index contributed by atoms with van der Waals surface area (Å²) in [6, 6.07) is 24.3. The lowest BCUT2D eigenvalue weighted by molar-refractivity contribution is -0.145. The molecule has 0 saturated heterocycles. The number of primary amides is 1. The number of fused-ring (bicyclic) bond motifs is 2.